The summed E-state index contributed by atoms with van der Waals surface area (Å²) in [6.07, 6.45) is 0.0727. The molecule has 3 rings (SSSR count). The van der Waals surface area contributed by atoms with Gasteiger partial charge >= 0.3 is 6.18 Å². The maximum atomic E-state index is 13.2. The fourth-order valence-electron chi connectivity index (χ4n) is 3.70. The first kappa shape index (κ1) is 25.0. The molecule has 0 aliphatic rings. The van der Waals surface area contributed by atoms with Gasteiger partial charge in [0.05, 0.1) is 17.0 Å². The van der Waals surface area contributed by atoms with E-state index in [0.29, 0.717) is 17.7 Å². The van der Waals surface area contributed by atoms with Crippen molar-refractivity contribution >= 4 is 11.6 Å². The van der Waals surface area contributed by atoms with E-state index in [4.69, 9.17) is 0 Å². The highest BCUT2D eigenvalue weighted by Gasteiger charge is 2.30. The van der Waals surface area contributed by atoms with E-state index in [1.54, 1.807) is 23.2 Å². The zero-order chi connectivity index (χ0) is 24.7. The van der Waals surface area contributed by atoms with Crippen LogP contribution >= 0.6 is 0 Å². The van der Waals surface area contributed by atoms with Gasteiger partial charge in [0.1, 0.15) is 0 Å². The molecule has 1 aromatic heterocycles. The molecule has 0 bridgehead atoms. The number of nitro groups is 1. The van der Waals surface area contributed by atoms with Crippen LogP contribution in [0, 0.1) is 10.1 Å². The van der Waals surface area contributed by atoms with Gasteiger partial charge in [-0.05, 0) is 48.4 Å². The third-order valence-electron chi connectivity index (χ3n) is 5.53. The summed E-state index contributed by atoms with van der Waals surface area (Å²) in [6, 6.07) is 14.3. The fraction of sp³-hybridized carbons (Fsp3) is 0.320. The molecule has 0 fully saturated rings. The third-order valence-corrected chi connectivity index (χ3v) is 5.53. The summed E-state index contributed by atoms with van der Waals surface area (Å²) < 4.78 is 41.1. The summed E-state index contributed by atoms with van der Waals surface area (Å²) in [5.74, 6) is -0.252. The Hall–Kier alpha value is -3.62. The van der Waals surface area contributed by atoms with Gasteiger partial charge < -0.3 is 9.47 Å². The van der Waals surface area contributed by atoms with Crippen molar-refractivity contribution in [3.05, 3.63) is 99.4 Å². The molecular formula is C25H26F3N3O3. The third kappa shape index (κ3) is 6.46. The first-order valence-electron chi connectivity index (χ1n) is 11.0. The number of hydrogen-bond donors (Lipinski definition) is 0. The van der Waals surface area contributed by atoms with Crippen molar-refractivity contribution in [2.45, 2.75) is 45.5 Å². The second-order valence-corrected chi connectivity index (χ2v) is 8.06. The molecule has 0 aliphatic heterocycles. The second kappa shape index (κ2) is 11.0. The molecule has 0 aliphatic carbocycles. The topological polar surface area (TPSA) is 68.4 Å². The highest BCUT2D eigenvalue weighted by atomic mass is 19.4. The van der Waals surface area contributed by atoms with Gasteiger partial charge in [-0.15, -0.1) is 0 Å². The predicted molar refractivity (Wildman–Crippen MR) is 122 cm³/mol. The minimum absolute atomic E-state index is 0.0935. The van der Waals surface area contributed by atoms with Crippen molar-refractivity contribution in [2.24, 2.45) is 0 Å². The lowest BCUT2D eigenvalue weighted by molar-refractivity contribution is -0.384. The average molecular weight is 473 g/mol. The zero-order valence-corrected chi connectivity index (χ0v) is 18.8. The average Bonchev–Trinajstić information content (AvgIpc) is 3.24. The Labute approximate surface area is 195 Å². The van der Waals surface area contributed by atoms with Crippen molar-refractivity contribution in [1.82, 2.24) is 9.47 Å². The maximum Gasteiger partial charge on any atom is 0.416 e. The minimum atomic E-state index is -4.41. The lowest BCUT2D eigenvalue weighted by Gasteiger charge is -2.24. The first-order chi connectivity index (χ1) is 16.2. The Balaban J connectivity index is 1.80. The van der Waals surface area contributed by atoms with Gasteiger partial charge in [0.15, 0.2) is 0 Å². The van der Waals surface area contributed by atoms with Gasteiger partial charge in [-0.3, -0.25) is 14.9 Å². The number of carbonyl (C=O) groups is 1. The number of unbranched alkanes of at least 4 members (excludes halogenated alkanes) is 2. The minimum Gasteiger partial charge on any atom is -0.345 e. The van der Waals surface area contributed by atoms with Crippen molar-refractivity contribution in [2.75, 3.05) is 6.54 Å². The largest absolute Gasteiger partial charge is 0.416 e. The SMILES string of the molecule is CCCCCN(Cc1cccn1Cc1cccc(C(F)(F)F)c1)C(=O)c1ccc([N+](=O)[O-])cc1. The number of non-ortho nitro benzene ring substituents is 1. The standard InChI is InChI=1S/C25H26F3N3O3/c1-2-3-4-14-30(24(32)20-10-12-22(13-11-20)31(33)34)18-23-9-6-15-29(23)17-19-7-5-8-21(16-19)25(26,27)28/h5-13,15-16H,2-4,14,17-18H2,1H3. The van der Waals surface area contributed by atoms with Gasteiger partial charge in [0.25, 0.3) is 11.6 Å². The number of carbonyl (C=O) groups excluding carboxylic acids is 1. The predicted octanol–water partition coefficient (Wildman–Crippen LogP) is 6.30. The molecule has 3 aromatic rings. The summed E-state index contributed by atoms with van der Waals surface area (Å²) in [5, 5.41) is 10.9. The number of nitrogens with zero attached hydrogens (tertiary/aromatic N) is 3. The fourth-order valence-corrected chi connectivity index (χ4v) is 3.70. The maximum absolute atomic E-state index is 13.2. The van der Waals surface area contributed by atoms with Crippen molar-refractivity contribution in [3.8, 4) is 0 Å². The van der Waals surface area contributed by atoms with E-state index < -0.39 is 16.7 Å². The Bertz CT molecular complexity index is 1120. The number of rotatable bonds is 10. The molecule has 1 heterocycles. The Morgan fingerprint density at radius 2 is 1.79 bits per heavy atom. The number of aromatic nitrogens is 1. The quantitative estimate of drug-likeness (QED) is 0.197. The molecule has 0 unspecified atom stereocenters. The van der Waals surface area contributed by atoms with Gasteiger partial charge in [-0.1, -0.05) is 31.9 Å². The molecule has 0 saturated heterocycles. The molecule has 0 saturated carbocycles. The van der Waals surface area contributed by atoms with E-state index in [9.17, 15) is 28.1 Å². The Kier molecular flexibility index (Phi) is 8.09. The number of hydrogen-bond acceptors (Lipinski definition) is 3. The van der Waals surface area contributed by atoms with Gasteiger partial charge in [-0.25, -0.2) is 0 Å². The molecule has 9 heteroatoms. The highest BCUT2D eigenvalue weighted by molar-refractivity contribution is 5.94. The number of benzene rings is 2. The van der Waals surface area contributed by atoms with Crippen LogP contribution in [0.2, 0.25) is 0 Å². The molecule has 2 aromatic carbocycles. The summed E-state index contributed by atoms with van der Waals surface area (Å²) in [5.41, 5.74) is 0.839. The van der Waals surface area contributed by atoms with Crippen molar-refractivity contribution < 1.29 is 22.9 Å². The van der Waals surface area contributed by atoms with E-state index in [-0.39, 0.29) is 24.7 Å². The number of halogens is 3. The van der Waals surface area contributed by atoms with Crippen LogP contribution in [0.1, 0.15) is 53.4 Å². The van der Waals surface area contributed by atoms with Crippen LogP contribution in [0.4, 0.5) is 18.9 Å². The normalized spacial score (nSPS) is 11.4. The van der Waals surface area contributed by atoms with E-state index in [1.165, 1.54) is 30.3 Å². The number of alkyl halides is 3. The molecule has 1 amide bonds. The molecule has 0 N–H and O–H groups in total. The molecule has 34 heavy (non-hydrogen) atoms. The second-order valence-electron chi connectivity index (χ2n) is 8.06. The molecule has 0 radical (unpaired) electrons. The highest BCUT2D eigenvalue weighted by Crippen LogP contribution is 2.29. The van der Waals surface area contributed by atoms with Crippen molar-refractivity contribution in [3.63, 3.8) is 0 Å². The van der Waals surface area contributed by atoms with Crippen LogP contribution in [-0.4, -0.2) is 26.8 Å². The molecular weight excluding hydrogens is 447 g/mol. The van der Waals surface area contributed by atoms with Crippen LogP contribution in [0.25, 0.3) is 0 Å². The lowest BCUT2D eigenvalue weighted by Crippen LogP contribution is -2.32. The number of amides is 1. The zero-order valence-electron chi connectivity index (χ0n) is 18.8. The molecule has 6 nitrogen and oxygen atoms in total. The van der Waals surface area contributed by atoms with Crippen molar-refractivity contribution in [1.29, 1.82) is 0 Å². The van der Waals surface area contributed by atoms with E-state index >= 15 is 0 Å². The Morgan fingerprint density at radius 3 is 2.44 bits per heavy atom. The van der Waals surface area contributed by atoms with Crippen LogP contribution < -0.4 is 0 Å². The number of nitro benzene ring substituents is 1. The summed E-state index contributed by atoms with van der Waals surface area (Å²) in [7, 11) is 0. The van der Waals surface area contributed by atoms with Gasteiger partial charge in [-0.2, -0.15) is 13.2 Å². The first-order valence-corrected chi connectivity index (χ1v) is 11.0. The van der Waals surface area contributed by atoms with Gasteiger partial charge in [0.2, 0.25) is 0 Å². The van der Waals surface area contributed by atoms with Gasteiger partial charge in [0, 0.05) is 42.7 Å². The summed E-state index contributed by atoms with van der Waals surface area (Å²) in [4.78, 5) is 25.3. The van der Waals surface area contributed by atoms with E-state index in [1.807, 2.05) is 10.6 Å². The van der Waals surface area contributed by atoms with E-state index in [0.717, 1.165) is 37.1 Å². The monoisotopic (exact) mass is 473 g/mol. The van der Waals surface area contributed by atoms with Crippen LogP contribution in [0.15, 0.2) is 66.9 Å². The summed E-state index contributed by atoms with van der Waals surface area (Å²) in [6.45, 7) is 3.06. The lowest BCUT2D eigenvalue weighted by atomic mass is 10.1. The molecule has 180 valence electrons. The van der Waals surface area contributed by atoms with Crippen LogP contribution in [-0.2, 0) is 19.3 Å². The smallest absolute Gasteiger partial charge is 0.345 e. The molecule has 0 spiro atoms. The van der Waals surface area contributed by atoms with Crippen LogP contribution in [0.3, 0.4) is 0 Å². The molecule has 0 atom stereocenters. The summed E-state index contributed by atoms with van der Waals surface area (Å²) >= 11 is 0. The Morgan fingerprint density at radius 1 is 1.06 bits per heavy atom. The van der Waals surface area contributed by atoms with Crippen LogP contribution in [0.5, 0.6) is 0 Å². The van der Waals surface area contributed by atoms with E-state index in [2.05, 4.69) is 6.92 Å².